The number of imide groups is 1. The topological polar surface area (TPSA) is 195 Å². The molecular weight excluding hydrogens is 794 g/mol. The molecule has 2 heterocycles. The summed E-state index contributed by atoms with van der Waals surface area (Å²) in [6.45, 7) is 1.18. The molecule has 61 heavy (non-hydrogen) atoms. The van der Waals surface area contributed by atoms with Crippen molar-refractivity contribution in [1.82, 2.24) is 15.3 Å². The van der Waals surface area contributed by atoms with Gasteiger partial charge >= 0.3 is 11.9 Å². The van der Waals surface area contributed by atoms with Crippen molar-refractivity contribution in [3.05, 3.63) is 71.3 Å². The molecule has 0 spiro atoms. The van der Waals surface area contributed by atoms with Crippen molar-refractivity contribution in [1.29, 1.82) is 0 Å². The number of carbonyl (C=O) groups is 6. The average molecular weight is 848 g/mol. The van der Waals surface area contributed by atoms with Gasteiger partial charge in [-0.25, -0.2) is 9.59 Å². The molecule has 3 atom stereocenters. The van der Waals surface area contributed by atoms with Crippen LogP contribution in [-0.4, -0.2) is 107 Å². The molecule has 2 saturated heterocycles. The lowest BCUT2D eigenvalue weighted by Crippen LogP contribution is -2.50. The van der Waals surface area contributed by atoms with Gasteiger partial charge in [0.15, 0.2) is 29.6 Å². The van der Waals surface area contributed by atoms with Gasteiger partial charge in [-0.2, -0.15) is 0 Å². The Morgan fingerprint density at radius 3 is 2.11 bits per heavy atom. The van der Waals surface area contributed by atoms with Gasteiger partial charge in [0.1, 0.15) is 24.4 Å². The molecule has 1 N–H and O–H groups in total. The number of amides is 4. The summed E-state index contributed by atoms with van der Waals surface area (Å²) in [4.78, 5) is 83.3. The molecule has 5 rings (SSSR count). The number of likely N-dealkylation sites (tertiary alicyclic amines) is 1. The number of esters is 1. The lowest BCUT2D eigenvalue weighted by molar-refractivity contribution is -0.196. The summed E-state index contributed by atoms with van der Waals surface area (Å²) in [5.41, 5.74) is 2.13. The highest BCUT2D eigenvalue weighted by Gasteiger charge is 2.38. The van der Waals surface area contributed by atoms with E-state index in [2.05, 4.69) is 5.32 Å². The van der Waals surface area contributed by atoms with E-state index in [9.17, 15) is 28.8 Å². The Morgan fingerprint density at radius 2 is 1.48 bits per heavy atom. The number of nitrogens with zero attached hydrogens (tertiary/aromatic N) is 2. The number of aryl methyl sites for hydroxylation is 1. The summed E-state index contributed by atoms with van der Waals surface area (Å²) in [7, 11) is 7.62. The van der Waals surface area contributed by atoms with Crippen molar-refractivity contribution < 1.29 is 66.8 Å². The van der Waals surface area contributed by atoms with Crippen LogP contribution >= 0.6 is 0 Å². The number of benzene rings is 3. The number of nitrogens with one attached hydrogen (secondary N) is 1. The summed E-state index contributed by atoms with van der Waals surface area (Å²) in [6.07, 6.45) is 2.17. The Kier molecular flexibility index (Phi) is 16.2. The molecule has 4 amide bonds. The van der Waals surface area contributed by atoms with Crippen LogP contribution in [0.25, 0.3) is 0 Å². The second-order valence-electron chi connectivity index (χ2n) is 14.3. The van der Waals surface area contributed by atoms with Crippen LogP contribution in [-0.2, 0) is 44.8 Å². The molecule has 0 aromatic heterocycles. The third-order valence-electron chi connectivity index (χ3n) is 10.5. The van der Waals surface area contributed by atoms with E-state index < -0.39 is 60.9 Å². The van der Waals surface area contributed by atoms with E-state index in [4.69, 9.17) is 38.0 Å². The van der Waals surface area contributed by atoms with Crippen molar-refractivity contribution in [2.45, 2.75) is 76.4 Å². The smallest absolute Gasteiger partial charge is 0.352 e. The highest BCUT2D eigenvalue weighted by atomic mass is 16.7. The van der Waals surface area contributed by atoms with Crippen molar-refractivity contribution in [2.24, 2.45) is 0 Å². The van der Waals surface area contributed by atoms with E-state index in [-0.39, 0.29) is 24.5 Å². The molecule has 2 fully saturated rings. The van der Waals surface area contributed by atoms with Crippen LogP contribution in [0.5, 0.6) is 34.5 Å². The molecule has 17 heteroatoms. The van der Waals surface area contributed by atoms with Gasteiger partial charge in [-0.05, 0) is 91.6 Å². The van der Waals surface area contributed by atoms with Crippen LogP contribution in [0.1, 0.15) is 80.6 Å². The van der Waals surface area contributed by atoms with Crippen molar-refractivity contribution in [2.75, 3.05) is 55.2 Å². The van der Waals surface area contributed by atoms with Gasteiger partial charge in [0, 0.05) is 19.4 Å². The highest BCUT2D eigenvalue weighted by molar-refractivity contribution is 6.01. The standard InChI is InChI=1S/C44H53N3O14/c1-7-31(29-23-36(56-4)42(58-6)37(24-29)57-5)43(52)46-20-9-8-13-32(46)44(53)60-33(16-14-27-15-17-34(54-2)35(21-27)55-3)28-11-10-12-30(22-28)59-26-38(48)45-25-41(51)61-47-39(49)18-19-40(47)50/h10-12,15,17,21-24,31-33H,7-9,13-14,16,18-20,25-26H2,1-6H3,(H,45,48)/t31-,32-,33+/m0/s1. The SMILES string of the molecule is CC[C@H](C(=O)N1CCCC[C@H]1C(=O)O[C@H](CCc1ccc(OC)c(OC)c1)c1cccc(OCC(=O)NCC(=O)ON2C(=O)CCC2=O)c1)c1cc(OC)c(OC)c(OC)c1. The number of hydroxylamine groups is 2. The Bertz CT molecular complexity index is 2030. The van der Waals surface area contributed by atoms with Gasteiger partial charge in [-0.15, -0.1) is 5.06 Å². The second kappa shape index (κ2) is 21.7. The molecule has 3 aromatic rings. The van der Waals surface area contributed by atoms with Gasteiger partial charge in [-0.3, -0.25) is 19.2 Å². The van der Waals surface area contributed by atoms with Crippen LogP contribution < -0.4 is 33.7 Å². The molecule has 2 aliphatic rings. The monoisotopic (exact) mass is 847 g/mol. The molecule has 17 nitrogen and oxygen atoms in total. The molecule has 328 valence electrons. The van der Waals surface area contributed by atoms with Crippen molar-refractivity contribution in [3.8, 4) is 34.5 Å². The quantitative estimate of drug-likeness (QED) is 0.122. The average Bonchev–Trinajstić information content (AvgIpc) is 3.60. The number of hydrogen-bond acceptors (Lipinski definition) is 14. The van der Waals surface area contributed by atoms with E-state index in [0.717, 1.165) is 18.4 Å². The predicted octanol–water partition coefficient (Wildman–Crippen LogP) is 4.62. The first-order valence-electron chi connectivity index (χ1n) is 20.0. The van der Waals surface area contributed by atoms with Crippen LogP contribution in [0.2, 0.25) is 0 Å². The van der Waals surface area contributed by atoms with Crippen molar-refractivity contribution >= 4 is 35.6 Å². The largest absolute Gasteiger partial charge is 0.493 e. The molecular formula is C44H53N3O14. The highest BCUT2D eigenvalue weighted by Crippen LogP contribution is 2.41. The first-order valence-corrected chi connectivity index (χ1v) is 20.0. The molecule has 0 aliphatic carbocycles. The van der Waals surface area contributed by atoms with E-state index >= 15 is 0 Å². The fraction of sp³-hybridized carbons (Fsp3) is 0.455. The number of hydrogen-bond donors (Lipinski definition) is 1. The summed E-state index contributed by atoms with van der Waals surface area (Å²) in [5, 5.41) is 2.73. The zero-order chi connectivity index (χ0) is 44.1. The fourth-order valence-electron chi connectivity index (χ4n) is 7.31. The summed E-state index contributed by atoms with van der Waals surface area (Å²) in [5.74, 6) is -1.71. The summed E-state index contributed by atoms with van der Waals surface area (Å²) < 4.78 is 39.6. The predicted molar refractivity (Wildman–Crippen MR) is 217 cm³/mol. The first kappa shape index (κ1) is 45.6. The molecule has 0 bridgehead atoms. The first-order chi connectivity index (χ1) is 29.4. The number of rotatable bonds is 20. The van der Waals surface area contributed by atoms with Gasteiger partial charge in [0.05, 0.1) is 41.5 Å². The van der Waals surface area contributed by atoms with Crippen LogP contribution in [0.3, 0.4) is 0 Å². The minimum atomic E-state index is -0.997. The summed E-state index contributed by atoms with van der Waals surface area (Å²) in [6, 6.07) is 14.9. The second-order valence-corrected chi connectivity index (χ2v) is 14.3. The van der Waals surface area contributed by atoms with E-state index in [0.29, 0.717) is 77.2 Å². The van der Waals surface area contributed by atoms with Gasteiger partial charge in [-0.1, -0.05) is 25.1 Å². The maximum Gasteiger partial charge on any atom is 0.352 e. The molecule has 3 aromatic carbocycles. The number of carbonyl (C=O) groups excluding carboxylic acids is 6. The molecule has 2 aliphatic heterocycles. The van der Waals surface area contributed by atoms with Crippen LogP contribution in [0.15, 0.2) is 54.6 Å². The van der Waals surface area contributed by atoms with E-state index in [1.807, 2.05) is 19.1 Å². The number of methoxy groups -OCH3 is 5. The van der Waals surface area contributed by atoms with E-state index in [1.54, 1.807) is 61.6 Å². The molecule has 0 unspecified atom stereocenters. The van der Waals surface area contributed by atoms with Gasteiger partial charge in [0.25, 0.3) is 17.7 Å². The zero-order valence-electron chi connectivity index (χ0n) is 35.3. The third kappa shape index (κ3) is 11.4. The minimum absolute atomic E-state index is 0.0578. The Morgan fingerprint density at radius 1 is 0.787 bits per heavy atom. The number of piperidine rings is 1. The maximum absolute atomic E-state index is 14.4. The lowest BCUT2D eigenvalue weighted by Gasteiger charge is -2.37. The lowest BCUT2D eigenvalue weighted by atomic mass is 9.91. The molecule has 0 radical (unpaired) electrons. The van der Waals surface area contributed by atoms with Gasteiger partial charge in [0.2, 0.25) is 11.7 Å². The normalized spacial score (nSPS) is 15.9. The number of ether oxygens (including phenoxy) is 7. The Hall–Kier alpha value is -6.52. The van der Waals surface area contributed by atoms with Crippen LogP contribution in [0, 0.1) is 0 Å². The maximum atomic E-state index is 14.4. The Balaban J connectivity index is 1.33. The van der Waals surface area contributed by atoms with Gasteiger partial charge < -0.3 is 48.2 Å². The third-order valence-corrected chi connectivity index (χ3v) is 10.5. The molecule has 0 saturated carbocycles. The summed E-state index contributed by atoms with van der Waals surface area (Å²) >= 11 is 0. The van der Waals surface area contributed by atoms with Crippen LogP contribution in [0.4, 0.5) is 0 Å². The Labute approximate surface area is 354 Å². The van der Waals surface area contributed by atoms with Crippen molar-refractivity contribution in [3.63, 3.8) is 0 Å². The zero-order valence-corrected chi connectivity index (χ0v) is 35.3. The minimum Gasteiger partial charge on any atom is -0.493 e. The van der Waals surface area contributed by atoms with E-state index in [1.165, 1.54) is 21.3 Å². The fourth-order valence-corrected chi connectivity index (χ4v) is 7.31.